The summed E-state index contributed by atoms with van der Waals surface area (Å²) in [5.74, 6) is 0.591. The van der Waals surface area contributed by atoms with Gasteiger partial charge in [-0.1, -0.05) is 80.5 Å². The van der Waals surface area contributed by atoms with Crippen LogP contribution in [0.5, 0.6) is 0 Å². The van der Waals surface area contributed by atoms with Crippen LogP contribution in [0.15, 0.2) is 60.7 Å². The van der Waals surface area contributed by atoms with Gasteiger partial charge in [-0.15, -0.1) is 0 Å². The van der Waals surface area contributed by atoms with Gasteiger partial charge < -0.3 is 19.8 Å². The third-order valence-corrected chi connectivity index (χ3v) is 2.75. The predicted octanol–water partition coefficient (Wildman–Crippen LogP) is 4.10. The molecule has 0 saturated heterocycles. The molecule has 2 aromatic carbocycles. The SMILES string of the molecule is CC(Cc1ccccc1)c1ccccc1.O=[C-]O.O=[C-]O.[Br][Ru+2]. The van der Waals surface area contributed by atoms with E-state index >= 15 is 0 Å². The van der Waals surface area contributed by atoms with Crippen molar-refractivity contribution >= 4 is 26.6 Å². The molecule has 23 heavy (non-hydrogen) atoms. The average molecular weight is 467 g/mol. The summed E-state index contributed by atoms with van der Waals surface area (Å²) in [6.45, 7) is 3.28. The van der Waals surface area contributed by atoms with Gasteiger partial charge in [0.15, 0.2) is 0 Å². The van der Waals surface area contributed by atoms with Crippen molar-refractivity contribution in [2.75, 3.05) is 0 Å². The van der Waals surface area contributed by atoms with Crippen LogP contribution in [0.25, 0.3) is 0 Å². The monoisotopic (exact) mass is 467 g/mol. The van der Waals surface area contributed by atoms with Crippen molar-refractivity contribution in [3.63, 3.8) is 0 Å². The first-order chi connectivity index (χ1) is 11.2. The van der Waals surface area contributed by atoms with Crippen LogP contribution in [0, 0.1) is 0 Å². The Bertz CT molecular complexity index is 488. The molecule has 0 heterocycles. The molecular formula is C17H18BrO4Ru. The molecular weight excluding hydrogens is 449 g/mol. The van der Waals surface area contributed by atoms with E-state index in [4.69, 9.17) is 19.8 Å². The first-order valence-electron chi connectivity index (χ1n) is 6.44. The van der Waals surface area contributed by atoms with Crippen molar-refractivity contribution in [2.24, 2.45) is 0 Å². The van der Waals surface area contributed by atoms with Gasteiger partial charge in [0.05, 0.1) is 0 Å². The van der Waals surface area contributed by atoms with E-state index in [0.717, 1.165) is 6.42 Å². The quantitative estimate of drug-likeness (QED) is 0.527. The summed E-state index contributed by atoms with van der Waals surface area (Å²) >= 11 is 5.03. The fourth-order valence-corrected chi connectivity index (χ4v) is 1.87. The van der Waals surface area contributed by atoms with Crippen LogP contribution in [0.4, 0.5) is 0 Å². The summed E-state index contributed by atoms with van der Waals surface area (Å²) in [5, 5.41) is 13.5. The summed E-state index contributed by atoms with van der Waals surface area (Å²) in [5.41, 5.74) is 2.83. The summed E-state index contributed by atoms with van der Waals surface area (Å²) in [6.07, 6.45) is 1.12. The third kappa shape index (κ3) is 13.8. The molecule has 0 bridgehead atoms. The van der Waals surface area contributed by atoms with Gasteiger partial charge in [-0.2, -0.15) is 0 Å². The fraction of sp³-hybridized carbons (Fsp3) is 0.176. The number of hydrogen-bond acceptors (Lipinski definition) is 2. The van der Waals surface area contributed by atoms with Crippen molar-refractivity contribution in [2.45, 2.75) is 19.3 Å². The number of hydrogen-bond donors (Lipinski definition) is 2. The second-order valence-corrected chi connectivity index (χ2v) is 4.18. The zero-order valence-corrected chi connectivity index (χ0v) is 15.8. The first-order valence-corrected chi connectivity index (χ1v) is 10.4. The first kappa shape index (κ1) is 23.7. The molecule has 0 amide bonds. The normalized spacial score (nSPS) is 9.30. The Morgan fingerprint density at radius 3 is 1.65 bits per heavy atom. The summed E-state index contributed by atoms with van der Waals surface area (Å²) in [7, 11) is 0. The fourth-order valence-electron chi connectivity index (χ4n) is 1.87. The predicted molar refractivity (Wildman–Crippen MR) is 90.6 cm³/mol. The Labute approximate surface area is 153 Å². The van der Waals surface area contributed by atoms with E-state index in [1.807, 2.05) is 0 Å². The van der Waals surface area contributed by atoms with Crippen LogP contribution in [0.2, 0.25) is 0 Å². The van der Waals surface area contributed by atoms with Gasteiger partial charge in [0, 0.05) is 0 Å². The Kier molecular flexibility index (Phi) is 19.1. The van der Waals surface area contributed by atoms with Crippen LogP contribution in [-0.4, -0.2) is 23.2 Å². The Hall–Kier alpha value is -1.52. The van der Waals surface area contributed by atoms with E-state index in [2.05, 4.69) is 97.6 Å². The van der Waals surface area contributed by atoms with Crippen LogP contribution >= 0.6 is 13.6 Å². The molecule has 0 fully saturated rings. The molecule has 0 aliphatic carbocycles. The molecule has 0 saturated carbocycles. The maximum absolute atomic E-state index is 8.24. The van der Waals surface area contributed by atoms with Crippen molar-refractivity contribution in [1.82, 2.24) is 0 Å². The summed E-state index contributed by atoms with van der Waals surface area (Å²) in [4.78, 5) is 16.5. The molecule has 0 aliphatic heterocycles. The van der Waals surface area contributed by atoms with E-state index in [1.165, 1.54) is 11.1 Å². The molecule has 0 radical (unpaired) electrons. The zero-order chi connectivity index (χ0) is 17.9. The Balaban J connectivity index is 0. The second-order valence-electron chi connectivity index (χ2n) is 4.18. The number of rotatable bonds is 3. The van der Waals surface area contributed by atoms with E-state index in [-0.39, 0.29) is 0 Å². The van der Waals surface area contributed by atoms with Crippen molar-refractivity contribution in [3.05, 3.63) is 71.8 Å². The third-order valence-electron chi connectivity index (χ3n) is 2.75. The minimum atomic E-state index is 0.500. The molecule has 2 N–H and O–H groups in total. The van der Waals surface area contributed by atoms with Crippen molar-refractivity contribution in [3.8, 4) is 0 Å². The van der Waals surface area contributed by atoms with E-state index in [1.54, 1.807) is 0 Å². The van der Waals surface area contributed by atoms with E-state index in [0.29, 0.717) is 18.9 Å². The molecule has 2 rings (SSSR count). The van der Waals surface area contributed by atoms with Gasteiger partial charge in [-0.25, -0.2) is 0 Å². The minimum absolute atomic E-state index is 0.500. The van der Waals surface area contributed by atoms with Gasteiger partial charge in [-0.05, 0) is 23.5 Å². The van der Waals surface area contributed by atoms with Crippen LogP contribution in [-0.2, 0) is 32.4 Å². The molecule has 2 aromatic rings. The van der Waals surface area contributed by atoms with E-state index in [9.17, 15) is 0 Å². The number of benzene rings is 2. The molecule has 0 aliphatic rings. The second kappa shape index (κ2) is 18.5. The van der Waals surface area contributed by atoms with Crippen LogP contribution in [0.1, 0.15) is 24.0 Å². The molecule has 6 heteroatoms. The maximum atomic E-state index is 8.24. The molecule has 0 spiro atoms. The van der Waals surface area contributed by atoms with Gasteiger partial charge in [0.1, 0.15) is 0 Å². The summed E-state index contributed by atoms with van der Waals surface area (Å²) in [6, 6.07) is 21.4. The topological polar surface area (TPSA) is 74.6 Å². The molecule has 1 unspecified atom stereocenters. The number of halogens is 1. The van der Waals surface area contributed by atoms with Gasteiger partial charge in [0.25, 0.3) is 0 Å². The Morgan fingerprint density at radius 2 is 1.26 bits per heavy atom. The molecule has 1 atom stereocenters. The van der Waals surface area contributed by atoms with Crippen LogP contribution in [0.3, 0.4) is 0 Å². The van der Waals surface area contributed by atoms with Gasteiger partial charge >= 0.3 is 30.0 Å². The molecule has 125 valence electrons. The average Bonchev–Trinajstić information content (AvgIpc) is 2.60. The Morgan fingerprint density at radius 1 is 0.913 bits per heavy atom. The summed E-state index contributed by atoms with van der Waals surface area (Å²) < 4.78 is 0. The molecule has 0 aromatic heterocycles. The van der Waals surface area contributed by atoms with Gasteiger partial charge in [-0.3, -0.25) is 0 Å². The number of aliphatic hydroxyl groups excluding tert-OH is 2. The van der Waals surface area contributed by atoms with Gasteiger partial charge in [0.2, 0.25) is 0 Å². The zero-order valence-electron chi connectivity index (χ0n) is 12.5. The van der Waals surface area contributed by atoms with Crippen LogP contribution < -0.4 is 0 Å². The van der Waals surface area contributed by atoms with E-state index < -0.39 is 0 Å². The molecule has 4 nitrogen and oxygen atoms in total. The van der Waals surface area contributed by atoms with Crippen molar-refractivity contribution < 1.29 is 36.1 Å². The standard InChI is InChI=1S/C15H16.2CHO2.BrH.Ru/c1-13(15-10-6-3-7-11-15)12-14-8-4-2-5-9-14;2*2-1-3;;/h2-11,13H,12H2,1H3;2*(H,2,3);1H;/q;2*-1;;+3/p-1. The van der Waals surface area contributed by atoms with Crippen molar-refractivity contribution in [1.29, 1.82) is 0 Å².